The van der Waals surface area contributed by atoms with Crippen LogP contribution in [0.25, 0.3) is 0 Å². The molecule has 5 heteroatoms. The van der Waals surface area contributed by atoms with Gasteiger partial charge in [-0.15, -0.1) is 0 Å². The van der Waals surface area contributed by atoms with Crippen LogP contribution in [-0.2, 0) is 6.54 Å². The molecular weight excluding hydrogens is 309 g/mol. The maximum atomic E-state index is 12.2. The van der Waals surface area contributed by atoms with E-state index in [1.165, 1.54) is 0 Å². The number of carbonyl (C=O) groups excluding carboxylic acids is 1. The lowest BCUT2D eigenvalue weighted by Crippen LogP contribution is -2.21. The van der Waals surface area contributed by atoms with E-state index >= 15 is 0 Å². The Balaban J connectivity index is 1.92. The Hall–Kier alpha value is -1.29. The van der Waals surface area contributed by atoms with Crippen LogP contribution in [0.1, 0.15) is 28.1 Å². The third-order valence-corrected chi connectivity index (χ3v) is 4.20. The van der Waals surface area contributed by atoms with E-state index in [0.717, 1.165) is 17.9 Å². The van der Waals surface area contributed by atoms with E-state index in [-0.39, 0.29) is 5.78 Å². The fourth-order valence-electron chi connectivity index (χ4n) is 2.09. The maximum absolute atomic E-state index is 12.2. The van der Waals surface area contributed by atoms with Crippen molar-refractivity contribution in [1.82, 2.24) is 4.90 Å². The number of ketones is 1. The molecule has 1 heterocycles. The summed E-state index contributed by atoms with van der Waals surface area (Å²) in [5.41, 5.74) is 1.61. The third-order valence-electron chi connectivity index (χ3n) is 3.38. The van der Waals surface area contributed by atoms with Crippen molar-refractivity contribution in [2.24, 2.45) is 0 Å². The molecule has 3 nitrogen and oxygen atoms in total. The third kappa shape index (κ3) is 4.10. The van der Waals surface area contributed by atoms with Crippen LogP contribution < -0.4 is 0 Å². The number of benzene rings is 1. The first-order valence-electron chi connectivity index (χ1n) is 6.67. The molecule has 0 radical (unpaired) electrons. The second kappa shape index (κ2) is 7.12. The van der Waals surface area contributed by atoms with Crippen LogP contribution in [0, 0.1) is 6.92 Å². The van der Waals surface area contributed by atoms with E-state index in [2.05, 4.69) is 4.90 Å². The molecule has 0 fully saturated rings. The van der Waals surface area contributed by atoms with Gasteiger partial charge in [0.1, 0.15) is 5.76 Å². The molecule has 0 saturated carbocycles. The number of hydrogen-bond donors (Lipinski definition) is 0. The van der Waals surface area contributed by atoms with Gasteiger partial charge in [0, 0.05) is 30.6 Å². The first kappa shape index (κ1) is 16.1. The first-order valence-corrected chi connectivity index (χ1v) is 7.43. The molecule has 2 rings (SSSR count). The van der Waals surface area contributed by atoms with Crippen LogP contribution in [0.15, 0.2) is 34.9 Å². The van der Waals surface area contributed by atoms with Crippen molar-refractivity contribution >= 4 is 29.0 Å². The minimum absolute atomic E-state index is 0.00161. The van der Waals surface area contributed by atoms with Crippen molar-refractivity contribution in [3.8, 4) is 0 Å². The van der Waals surface area contributed by atoms with Gasteiger partial charge in [-0.3, -0.25) is 4.79 Å². The zero-order chi connectivity index (χ0) is 15.4. The van der Waals surface area contributed by atoms with E-state index in [1.54, 1.807) is 24.5 Å². The van der Waals surface area contributed by atoms with Gasteiger partial charge >= 0.3 is 0 Å². The fourth-order valence-corrected chi connectivity index (χ4v) is 2.50. The fraction of sp³-hybridized carbons (Fsp3) is 0.312. The zero-order valence-corrected chi connectivity index (χ0v) is 13.5. The molecule has 0 spiro atoms. The molecular formula is C16H17Cl2NO2. The Labute approximate surface area is 134 Å². The average molecular weight is 326 g/mol. The second-order valence-corrected chi connectivity index (χ2v) is 5.80. The SMILES string of the molecule is Cc1occc1CN(C)CCC(=O)c1cccc(Cl)c1Cl. The quantitative estimate of drug-likeness (QED) is 0.728. The van der Waals surface area contributed by atoms with Crippen LogP contribution in [0.4, 0.5) is 0 Å². The van der Waals surface area contributed by atoms with E-state index in [1.807, 2.05) is 20.0 Å². The van der Waals surface area contributed by atoms with Gasteiger partial charge in [-0.25, -0.2) is 0 Å². The second-order valence-electron chi connectivity index (χ2n) is 5.01. The number of rotatable bonds is 6. The molecule has 0 saturated heterocycles. The number of furan rings is 1. The van der Waals surface area contributed by atoms with Gasteiger partial charge in [0.2, 0.25) is 0 Å². The smallest absolute Gasteiger partial charge is 0.165 e. The van der Waals surface area contributed by atoms with Crippen LogP contribution in [0.2, 0.25) is 10.0 Å². The Morgan fingerprint density at radius 2 is 2.05 bits per heavy atom. The van der Waals surface area contributed by atoms with Gasteiger partial charge in [0.25, 0.3) is 0 Å². The van der Waals surface area contributed by atoms with Gasteiger partial charge in [-0.2, -0.15) is 0 Å². The number of Topliss-reactive ketones (excluding diaryl/α,β-unsaturated/α-hetero) is 1. The van der Waals surface area contributed by atoms with Crippen molar-refractivity contribution in [1.29, 1.82) is 0 Å². The molecule has 0 atom stereocenters. The lowest BCUT2D eigenvalue weighted by molar-refractivity contribution is 0.0968. The van der Waals surface area contributed by atoms with E-state index in [9.17, 15) is 4.79 Å². The molecule has 112 valence electrons. The van der Waals surface area contributed by atoms with Crippen LogP contribution in [0.5, 0.6) is 0 Å². The van der Waals surface area contributed by atoms with Crippen LogP contribution in [0.3, 0.4) is 0 Å². The number of halogens is 2. The van der Waals surface area contributed by atoms with Gasteiger partial charge in [-0.1, -0.05) is 29.3 Å². The molecule has 0 N–H and O–H groups in total. The predicted molar refractivity (Wildman–Crippen MR) is 85.2 cm³/mol. The zero-order valence-electron chi connectivity index (χ0n) is 12.0. The van der Waals surface area contributed by atoms with Gasteiger partial charge in [-0.05, 0) is 32.2 Å². The summed E-state index contributed by atoms with van der Waals surface area (Å²) in [4.78, 5) is 14.3. The van der Waals surface area contributed by atoms with Crippen molar-refractivity contribution in [3.63, 3.8) is 0 Å². The van der Waals surface area contributed by atoms with E-state index in [4.69, 9.17) is 27.6 Å². The first-order chi connectivity index (χ1) is 9.99. The van der Waals surface area contributed by atoms with Crippen LogP contribution in [-0.4, -0.2) is 24.3 Å². The largest absolute Gasteiger partial charge is 0.469 e. The Morgan fingerprint density at radius 1 is 1.29 bits per heavy atom. The topological polar surface area (TPSA) is 33.5 Å². The molecule has 0 aliphatic rings. The highest BCUT2D eigenvalue weighted by atomic mass is 35.5. The van der Waals surface area contributed by atoms with Crippen molar-refractivity contribution < 1.29 is 9.21 Å². The number of aryl methyl sites for hydroxylation is 1. The minimum Gasteiger partial charge on any atom is -0.469 e. The average Bonchev–Trinajstić information content (AvgIpc) is 2.84. The van der Waals surface area contributed by atoms with Gasteiger partial charge in [0.15, 0.2) is 5.78 Å². The van der Waals surface area contributed by atoms with Crippen molar-refractivity contribution in [2.75, 3.05) is 13.6 Å². The monoisotopic (exact) mass is 325 g/mol. The molecule has 0 aliphatic heterocycles. The summed E-state index contributed by atoms with van der Waals surface area (Å²) in [6, 6.07) is 7.06. The summed E-state index contributed by atoms with van der Waals surface area (Å²) in [6.45, 7) is 3.32. The molecule has 0 amide bonds. The lowest BCUT2D eigenvalue weighted by Gasteiger charge is -2.15. The molecule has 2 aromatic rings. The van der Waals surface area contributed by atoms with E-state index < -0.39 is 0 Å². The molecule has 0 bridgehead atoms. The Morgan fingerprint density at radius 3 is 2.71 bits per heavy atom. The molecule has 1 aromatic carbocycles. The van der Waals surface area contributed by atoms with Crippen molar-refractivity contribution in [2.45, 2.75) is 19.9 Å². The summed E-state index contributed by atoms with van der Waals surface area (Å²) in [6.07, 6.45) is 2.07. The molecule has 0 aliphatic carbocycles. The van der Waals surface area contributed by atoms with Gasteiger partial charge < -0.3 is 9.32 Å². The van der Waals surface area contributed by atoms with E-state index in [0.29, 0.717) is 28.6 Å². The normalized spacial score (nSPS) is 11.1. The summed E-state index contributed by atoms with van der Waals surface area (Å²) in [7, 11) is 1.97. The number of hydrogen-bond acceptors (Lipinski definition) is 3. The summed E-state index contributed by atoms with van der Waals surface area (Å²) < 4.78 is 5.26. The van der Waals surface area contributed by atoms with Crippen LogP contribution >= 0.6 is 23.2 Å². The molecule has 0 unspecified atom stereocenters. The highest BCUT2D eigenvalue weighted by Crippen LogP contribution is 2.26. The highest BCUT2D eigenvalue weighted by molar-refractivity contribution is 6.43. The number of carbonyl (C=O) groups is 1. The highest BCUT2D eigenvalue weighted by Gasteiger charge is 2.14. The molecule has 1 aromatic heterocycles. The van der Waals surface area contributed by atoms with Gasteiger partial charge in [0.05, 0.1) is 16.3 Å². The summed E-state index contributed by atoms with van der Waals surface area (Å²) >= 11 is 12.0. The lowest BCUT2D eigenvalue weighted by atomic mass is 10.1. The standard InChI is InChI=1S/C16H17Cl2NO2/c1-11-12(7-9-21-11)10-19(2)8-6-15(20)13-4-3-5-14(17)16(13)18/h3-5,7,9H,6,8,10H2,1-2H3. The number of nitrogens with zero attached hydrogens (tertiary/aromatic N) is 1. The van der Waals surface area contributed by atoms with Crippen molar-refractivity contribution in [3.05, 3.63) is 57.5 Å². The Bertz CT molecular complexity index is 637. The summed E-state index contributed by atoms with van der Waals surface area (Å²) in [5.74, 6) is 0.907. The summed E-state index contributed by atoms with van der Waals surface area (Å²) in [5, 5.41) is 0.738. The predicted octanol–water partition coefficient (Wildman–Crippen LogP) is 4.60. The maximum Gasteiger partial charge on any atom is 0.165 e. The minimum atomic E-state index is -0.00161. The Kier molecular flexibility index (Phi) is 5.45. The molecule has 21 heavy (non-hydrogen) atoms.